The number of rotatable bonds is 7. The summed E-state index contributed by atoms with van der Waals surface area (Å²) in [6.45, 7) is 6.45. The first-order valence-corrected chi connectivity index (χ1v) is 9.19. The van der Waals surface area contributed by atoms with Crippen molar-refractivity contribution < 1.29 is 4.79 Å². The second-order valence-electron chi connectivity index (χ2n) is 4.72. The summed E-state index contributed by atoms with van der Waals surface area (Å²) in [5.41, 5.74) is 2.45. The van der Waals surface area contributed by atoms with E-state index in [0.29, 0.717) is 24.5 Å². The number of thiazole rings is 1. The number of hydrogen-bond acceptors (Lipinski definition) is 5. The van der Waals surface area contributed by atoms with Crippen molar-refractivity contribution in [2.75, 3.05) is 19.6 Å². The summed E-state index contributed by atoms with van der Waals surface area (Å²) < 4.78 is 0. The third kappa shape index (κ3) is 6.73. The maximum Gasteiger partial charge on any atom is 0.263 e. The Morgan fingerprint density at radius 3 is 2.67 bits per heavy atom. The van der Waals surface area contributed by atoms with E-state index in [1.54, 1.807) is 16.8 Å². The number of nitrogens with one attached hydrogen (secondary N) is 3. The SMILES string of the molecule is CCNC(=NCc1cccs1)NCCNC(=O)c1scnc1C.I. The van der Waals surface area contributed by atoms with Crippen LogP contribution in [0, 0.1) is 6.92 Å². The van der Waals surface area contributed by atoms with Crippen LogP contribution in [-0.4, -0.2) is 36.5 Å². The van der Waals surface area contributed by atoms with Crippen LogP contribution in [-0.2, 0) is 6.54 Å². The number of aryl methyl sites for hydroxylation is 1. The molecule has 0 unspecified atom stereocenters. The average molecular weight is 479 g/mol. The molecule has 24 heavy (non-hydrogen) atoms. The molecule has 0 aromatic carbocycles. The third-order valence-corrected chi connectivity index (χ3v) is 4.76. The first kappa shape index (κ1) is 20.8. The number of nitrogens with zero attached hydrogens (tertiary/aromatic N) is 2. The first-order valence-electron chi connectivity index (χ1n) is 7.43. The summed E-state index contributed by atoms with van der Waals surface area (Å²) in [5, 5.41) is 11.3. The number of amides is 1. The van der Waals surface area contributed by atoms with E-state index in [0.717, 1.165) is 18.2 Å². The van der Waals surface area contributed by atoms with Gasteiger partial charge in [0, 0.05) is 24.5 Å². The highest BCUT2D eigenvalue weighted by atomic mass is 127. The van der Waals surface area contributed by atoms with Crippen molar-refractivity contribution in [3.05, 3.63) is 38.5 Å². The van der Waals surface area contributed by atoms with E-state index in [2.05, 4.69) is 32.0 Å². The zero-order valence-corrected chi connectivity index (χ0v) is 17.6. The predicted octanol–water partition coefficient (Wildman–Crippen LogP) is 2.62. The molecule has 132 valence electrons. The summed E-state index contributed by atoms with van der Waals surface area (Å²) in [7, 11) is 0. The van der Waals surface area contributed by atoms with Gasteiger partial charge in [0.05, 0.1) is 17.7 Å². The number of aliphatic imine (C=N–C) groups is 1. The van der Waals surface area contributed by atoms with Crippen molar-refractivity contribution in [3.63, 3.8) is 0 Å². The van der Waals surface area contributed by atoms with Crippen molar-refractivity contribution >= 4 is 58.5 Å². The van der Waals surface area contributed by atoms with Crippen molar-refractivity contribution in [1.82, 2.24) is 20.9 Å². The molecule has 0 bridgehead atoms. The highest BCUT2D eigenvalue weighted by Gasteiger charge is 2.10. The zero-order valence-electron chi connectivity index (χ0n) is 13.7. The minimum absolute atomic E-state index is 0. The Labute approximate surface area is 167 Å². The lowest BCUT2D eigenvalue weighted by Gasteiger charge is -2.11. The maximum absolute atomic E-state index is 12.0. The van der Waals surface area contributed by atoms with Gasteiger partial charge in [0.2, 0.25) is 0 Å². The lowest BCUT2D eigenvalue weighted by molar-refractivity contribution is 0.0957. The van der Waals surface area contributed by atoms with Crippen molar-refractivity contribution in [2.24, 2.45) is 4.99 Å². The Morgan fingerprint density at radius 2 is 2.04 bits per heavy atom. The zero-order chi connectivity index (χ0) is 16.5. The van der Waals surface area contributed by atoms with Gasteiger partial charge in [-0.05, 0) is 25.3 Å². The van der Waals surface area contributed by atoms with Crippen LogP contribution in [0.4, 0.5) is 0 Å². The van der Waals surface area contributed by atoms with Crippen LogP contribution < -0.4 is 16.0 Å². The minimum Gasteiger partial charge on any atom is -0.357 e. The van der Waals surface area contributed by atoms with E-state index >= 15 is 0 Å². The molecular weight excluding hydrogens is 457 g/mol. The molecule has 0 aliphatic rings. The van der Waals surface area contributed by atoms with Crippen LogP contribution in [0.15, 0.2) is 28.0 Å². The first-order chi connectivity index (χ1) is 11.2. The van der Waals surface area contributed by atoms with Crippen molar-refractivity contribution in [1.29, 1.82) is 0 Å². The van der Waals surface area contributed by atoms with Gasteiger partial charge in [-0.25, -0.2) is 9.98 Å². The van der Waals surface area contributed by atoms with Crippen LogP contribution in [0.25, 0.3) is 0 Å². The van der Waals surface area contributed by atoms with Crippen molar-refractivity contribution in [3.8, 4) is 0 Å². The summed E-state index contributed by atoms with van der Waals surface area (Å²) in [5.74, 6) is 0.677. The normalized spacial score (nSPS) is 10.8. The average Bonchev–Trinajstić information content (AvgIpc) is 3.20. The topological polar surface area (TPSA) is 78.4 Å². The van der Waals surface area contributed by atoms with Crippen LogP contribution in [0.5, 0.6) is 0 Å². The van der Waals surface area contributed by atoms with E-state index in [1.807, 2.05) is 25.3 Å². The molecule has 6 nitrogen and oxygen atoms in total. The molecule has 0 saturated heterocycles. The summed E-state index contributed by atoms with van der Waals surface area (Å²) >= 11 is 3.05. The molecule has 2 aromatic rings. The van der Waals surface area contributed by atoms with Gasteiger partial charge in [0.15, 0.2) is 5.96 Å². The van der Waals surface area contributed by atoms with Gasteiger partial charge in [0.25, 0.3) is 5.91 Å². The molecule has 3 N–H and O–H groups in total. The van der Waals surface area contributed by atoms with E-state index in [-0.39, 0.29) is 29.9 Å². The Bertz CT molecular complexity index is 642. The molecule has 2 rings (SSSR count). The Kier molecular flexibility index (Phi) is 9.88. The fourth-order valence-electron chi connectivity index (χ4n) is 1.86. The van der Waals surface area contributed by atoms with Crippen LogP contribution in [0.2, 0.25) is 0 Å². The fourth-order valence-corrected chi connectivity index (χ4v) is 3.21. The second-order valence-corrected chi connectivity index (χ2v) is 6.61. The number of hydrogen-bond donors (Lipinski definition) is 3. The third-order valence-electron chi connectivity index (χ3n) is 2.97. The molecule has 0 spiro atoms. The molecule has 0 aliphatic heterocycles. The Hall–Kier alpha value is -1.20. The van der Waals surface area contributed by atoms with Crippen molar-refractivity contribution in [2.45, 2.75) is 20.4 Å². The lowest BCUT2D eigenvalue weighted by atomic mass is 10.4. The Balaban J connectivity index is 0.00000288. The van der Waals surface area contributed by atoms with E-state index in [1.165, 1.54) is 16.2 Å². The summed E-state index contributed by atoms with van der Waals surface area (Å²) in [4.78, 5) is 22.5. The molecule has 0 saturated carbocycles. The monoisotopic (exact) mass is 479 g/mol. The largest absolute Gasteiger partial charge is 0.357 e. The van der Waals surface area contributed by atoms with Crippen LogP contribution in [0.3, 0.4) is 0 Å². The fraction of sp³-hybridized carbons (Fsp3) is 0.400. The molecule has 9 heteroatoms. The second kappa shape index (κ2) is 11.4. The highest BCUT2D eigenvalue weighted by molar-refractivity contribution is 14.0. The van der Waals surface area contributed by atoms with Gasteiger partial charge in [-0.3, -0.25) is 4.79 Å². The molecule has 0 atom stereocenters. The van der Waals surface area contributed by atoms with Gasteiger partial charge in [-0.1, -0.05) is 6.07 Å². The molecular formula is C15H22IN5OS2. The molecule has 0 fully saturated rings. The van der Waals surface area contributed by atoms with Gasteiger partial charge >= 0.3 is 0 Å². The van der Waals surface area contributed by atoms with Crippen LogP contribution >= 0.6 is 46.7 Å². The summed E-state index contributed by atoms with van der Waals surface area (Å²) in [6, 6.07) is 4.09. The van der Waals surface area contributed by atoms with Crippen LogP contribution in [0.1, 0.15) is 27.2 Å². The highest BCUT2D eigenvalue weighted by Crippen LogP contribution is 2.11. The number of aromatic nitrogens is 1. The number of guanidine groups is 1. The standard InChI is InChI=1S/C15H21N5OS2.HI/c1-3-16-15(19-9-12-5-4-8-22-12)18-7-6-17-14(21)13-11(2)20-10-23-13;/h4-5,8,10H,3,6-7,9H2,1-2H3,(H,17,21)(H2,16,18,19);1H. The Morgan fingerprint density at radius 1 is 1.25 bits per heavy atom. The maximum atomic E-state index is 12.0. The van der Waals surface area contributed by atoms with Gasteiger partial charge in [-0.2, -0.15) is 0 Å². The van der Waals surface area contributed by atoms with Gasteiger partial charge in [-0.15, -0.1) is 46.7 Å². The molecule has 0 radical (unpaired) electrons. The van der Waals surface area contributed by atoms with Gasteiger partial charge < -0.3 is 16.0 Å². The molecule has 1 amide bonds. The smallest absolute Gasteiger partial charge is 0.263 e. The summed E-state index contributed by atoms with van der Waals surface area (Å²) in [6.07, 6.45) is 0. The molecule has 2 heterocycles. The lowest BCUT2D eigenvalue weighted by Crippen LogP contribution is -2.41. The van der Waals surface area contributed by atoms with E-state index in [4.69, 9.17) is 0 Å². The van der Waals surface area contributed by atoms with Gasteiger partial charge in [0.1, 0.15) is 4.88 Å². The number of carbonyl (C=O) groups is 1. The number of carbonyl (C=O) groups excluding carboxylic acids is 1. The minimum atomic E-state index is -0.0766. The quantitative estimate of drug-likeness (QED) is 0.247. The number of thiophene rings is 1. The van der Waals surface area contributed by atoms with E-state index < -0.39 is 0 Å². The molecule has 2 aromatic heterocycles. The predicted molar refractivity (Wildman–Crippen MR) is 112 cm³/mol. The molecule has 0 aliphatic carbocycles. The van der Waals surface area contributed by atoms with E-state index in [9.17, 15) is 4.79 Å². The number of halogens is 1.